The first-order valence-corrected chi connectivity index (χ1v) is 18.1. The summed E-state index contributed by atoms with van der Waals surface area (Å²) in [5.74, 6) is -2.67. The van der Waals surface area contributed by atoms with Crippen molar-refractivity contribution in [3.63, 3.8) is 0 Å². The number of hydrogen-bond donors (Lipinski definition) is 2. The lowest BCUT2D eigenvalue weighted by Gasteiger charge is -2.34. The van der Waals surface area contributed by atoms with E-state index in [0.717, 1.165) is 70.1 Å². The van der Waals surface area contributed by atoms with E-state index in [4.69, 9.17) is 0 Å². The Labute approximate surface area is 296 Å². The van der Waals surface area contributed by atoms with Crippen LogP contribution >= 0.6 is 0 Å². The third kappa shape index (κ3) is 8.08. The van der Waals surface area contributed by atoms with Crippen LogP contribution in [-0.4, -0.2) is 45.6 Å². The molecule has 2 aromatic carbocycles. The van der Waals surface area contributed by atoms with Gasteiger partial charge in [-0.1, -0.05) is 19.9 Å². The highest BCUT2D eigenvalue weighted by Gasteiger charge is 2.40. The molecule has 1 amide bonds. The lowest BCUT2D eigenvalue weighted by molar-refractivity contribution is -0.139. The highest BCUT2D eigenvalue weighted by Crippen LogP contribution is 2.42. The van der Waals surface area contributed by atoms with Gasteiger partial charge in [-0.3, -0.25) is 14.4 Å². The summed E-state index contributed by atoms with van der Waals surface area (Å²) < 4.78 is 58.6. The molecule has 0 bridgehead atoms. The molecular weight excluding hydrogens is 662 g/mol. The van der Waals surface area contributed by atoms with Gasteiger partial charge in [0.15, 0.2) is 0 Å². The molecule has 2 aliphatic carbocycles. The first-order chi connectivity index (χ1) is 24.1. The van der Waals surface area contributed by atoms with Crippen LogP contribution in [0.2, 0.25) is 0 Å². The molecular formula is C40H47F4N3O4. The Morgan fingerprint density at radius 3 is 2.24 bits per heavy atom. The molecule has 6 rings (SSSR count). The van der Waals surface area contributed by atoms with Crippen molar-refractivity contribution in [3.05, 3.63) is 91.6 Å². The van der Waals surface area contributed by atoms with Gasteiger partial charge < -0.3 is 19.9 Å². The van der Waals surface area contributed by atoms with Gasteiger partial charge >= 0.3 is 12.1 Å². The van der Waals surface area contributed by atoms with Crippen molar-refractivity contribution in [1.29, 1.82) is 0 Å². The van der Waals surface area contributed by atoms with Crippen LogP contribution in [-0.2, 0) is 28.6 Å². The van der Waals surface area contributed by atoms with Crippen molar-refractivity contribution in [2.24, 2.45) is 5.92 Å². The fourth-order valence-corrected chi connectivity index (χ4v) is 8.37. The second-order valence-electron chi connectivity index (χ2n) is 15.2. The van der Waals surface area contributed by atoms with Gasteiger partial charge in [-0.2, -0.15) is 13.2 Å². The molecule has 2 fully saturated rings. The number of piperidine rings is 1. The third-order valence-electron chi connectivity index (χ3n) is 10.9. The zero-order chi connectivity index (χ0) is 36.8. The monoisotopic (exact) mass is 709 g/mol. The maximum atomic E-state index is 14.4. The molecule has 2 N–H and O–H groups in total. The molecule has 2 atom stereocenters. The smallest absolute Gasteiger partial charge is 0.416 e. The zero-order valence-corrected chi connectivity index (χ0v) is 29.7. The number of amides is 1. The maximum absolute atomic E-state index is 14.4. The van der Waals surface area contributed by atoms with Crippen molar-refractivity contribution in [3.8, 4) is 11.1 Å². The van der Waals surface area contributed by atoms with Gasteiger partial charge in [0, 0.05) is 18.3 Å². The molecule has 1 aromatic heterocycles. The number of likely N-dealkylation sites (tertiary alicyclic amines) is 1. The number of carboxylic acid groups (broad SMARTS) is 1. The molecule has 1 saturated carbocycles. The number of aryl methyl sites for hydroxylation is 3. The van der Waals surface area contributed by atoms with Crippen LogP contribution in [0.5, 0.6) is 0 Å². The Kier molecular flexibility index (Phi) is 10.5. The fourth-order valence-electron chi connectivity index (χ4n) is 8.37. The Bertz CT molecular complexity index is 1850. The van der Waals surface area contributed by atoms with E-state index in [9.17, 15) is 37.1 Å². The van der Waals surface area contributed by atoms with Gasteiger partial charge in [0.25, 0.3) is 5.56 Å². The molecule has 0 radical (unpaired) electrons. The summed E-state index contributed by atoms with van der Waals surface area (Å²) >= 11 is 0. The number of aliphatic carboxylic acids is 1. The number of alkyl halides is 3. The van der Waals surface area contributed by atoms with Gasteiger partial charge in [-0.25, -0.2) is 4.39 Å². The summed E-state index contributed by atoms with van der Waals surface area (Å²) in [7, 11) is 0. The largest absolute Gasteiger partial charge is 0.481 e. The lowest BCUT2D eigenvalue weighted by atomic mass is 9.86. The van der Waals surface area contributed by atoms with E-state index in [1.54, 1.807) is 0 Å². The normalized spacial score (nSPS) is 18.1. The molecule has 0 spiro atoms. The number of halogens is 4. The number of aromatic nitrogens is 1. The summed E-state index contributed by atoms with van der Waals surface area (Å²) in [5.41, 5.74) is 4.06. The second kappa shape index (κ2) is 14.6. The Morgan fingerprint density at radius 2 is 1.65 bits per heavy atom. The molecule has 1 aliphatic heterocycles. The van der Waals surface area contributed by atoms with Crippen molar-refractivity contribution >= 4 is 11.9 Å². The van der Waals surface area contributed by atoms with Crippen molar-refractivity contribution < 1.29 is 32.3 Å². The molecule has 1 saturated heterocycles. The van der Waals surface area contributed by atoms with Crippen LogP contribution < -0.4 is 10.9 Å². The second-order valence-corrected chi connectivity index (χ2v) is 15.2. The van der Waals surface area contributed by atoms with E-state index in [1.165, 1.54) is 18.3 Å². The number of nitrogens with one attached hydrogen (secondary N) is 1. The first kappa shape index (κ1) is 36.8. The van der Waals surface area contributed by atoms with Gasteiger partial charge in [0.1, 0.15) is 11.9 Å². The van der Waals surface area contributed by atoms with Crippen LogP contribution in [0.3, 0.4) is 0 Å². The average Bonchev–Trinajstić information content (AvgIpc) is 3.78. The van der Waals surface area contributed by atoms with Gasteiger partial charge in [-0.05, 0) is 153 Å². The highest BCUT2D eigenvalue weighted by molar-refractivity contribution is 5.82. The van der Waals surface area contributed by atoms with Crippen LogP contribution in [0.1, 0.15) is 116 Å². The molecule has 3 aromatic rings. The van der Waals surface area contributed by atoms with E-state index in [-0.39, 0.29) is 23.7 Å². The number of pyridine rings is 1. The van der Waals surface area contributed by atoms with E-state index in [1.807, 2.05) is 39.8 Å². The topological polar surface area (TPSA) is 91.6 Å². The molecule has 274 valence electrons. The standard InChI is InChI=1S/C40H47F4N3O4/c1-22(2)14-35(47-21-32(33(19-36(47)48)40(42,43)44)25-10-12-46(13-11-25)29-8-9-29)39(51)45-34(20-37(49)50)27-17-26-6-5-7-30(26)31(18-27)38-23(3)15-28(41)16-24(38)4/h15-19,21-22,25,29,34-35H,5-14,20H2,1-4H3,(H,45,51)(H,49,50)/t34-,35+/m0/s1. The summed E-state index contributed by atoms with van der Waals surface area (Å²) in [5, 5.41) is 12.9. The predicted octanol–water partition coefficient (Wildman–Crippen LogP) is 8.04. The van der Waals surface area contributed by atoms with Gasteiger partial charge in [0.2, 0.25) is 5.91 Å². The van der Waals surface area contributed by atoms with Crippen LogP contribution in [0, 0.1) is 25.6 Å². The number of carbonyl (C=O) groups excluding carboxylic acids is 1. The number of benzene rings is 2. The molecule has 51 heavy (non-hydrogen) atoms. The molecule has 7 nitrogen and oxygen atoms in total. The van der Waals surface area contributed by atoms with E-state index in [0.29, 0.717) is 43.6 Å². The minimum Gasteiger partial charge on any atom is -0.481 e. The molecule has 2 heterocycles. The summed E-state index contributed by atoms with van der Waals surface area (Å²) in [6.45, 7) is 8.74. The summed E-state index contributed by atoms with van der Waals surface area (Å²) in [4.78, 5) is 42.3. The minimum absolute atomic E-state index is 0.0227. The summed E-state index contributed by atoms with van der Waals surface area (Å²) in [6.07, 6.45) is 1.94. The van der Waals surface area contributed by atoms with E-state index < -0.39 is 53.6 Å². The van der Waals surface area contributed by atoms with Crippen molar-refractivity contribution in [2.45, 2.75) is 116 Å². The van der Waals surface area contributed by atoms with Crippen LogP contribution in [0.4, 0.5) is 17.6 Å². The Balaban J connectivity index is 1.38. The van der Waals surface area contributed by atoms with E-state index in [2.05, 4.69) is 10.2 Å². The van der Waals surface area contributed by atoms with Gasteiger partial charge in [0.05, 0.1) is 18.0 Å². The van der Waals surface area contributed by atoms with Crippen LogP contribution in [0.15, 0.2) is 41.3 Å². The third-order valence-corrected chi connectivity index (χ3v) is 10.9. The minimum atomic E-state index is -4.74. The number of hydrogen-bond acceptors (Lipinski definition) is 4. The molecule has 0 unspecified atom stereocenters. The predicted molar refractivity (Wildman–Crippen MR) is 187 cm³/mol. The van der Waals surface area contributed by atoms with Crippen molar-refractivity contribution in [2.75, 3.05) is 13.1 Å². The van der Waals surface area contributed by atoms with Gasteiger partial charge in [-0.15, -0.1) is 0 Å². The molecule has 3 aliphatic rings. The van der Waals surface area contributed by atoms with Crippen molar-refractivity contribution in [1.82, 2.24) is 14.8 Å². The number of carboxylic acids is 1. The zero-order valence-electron chi connectivity index (χ0n) is 29.7. The highest BCUT2D eigenvalue weighted by atomic mass is 19.4. The first-order valence-electron chi connectivity index (χ1n) is 18.1. The summed E-state index contributed by atoms with van der Waals surface area (Å²) in [6, 6.07) is 5.69. The van der Waals surface area contributed by atoms with Crippen LogP contribution in [0.25, 0.3) is 11.1 Å². The number of nitrogens with zero attached hydrogens (tertiary/aromatic N) is 2. The number of fused-ring (bicyclic) bond motifs is 1. The molecule has 11 heteroatoms. The lowest BCUT2D eigenvalue weighted by Crippen LogP contribution is -2.41. The number of carbonyl (C=O) groups is 2. The van der Waals surface area contributed by atoms with E-state index >= 15 is 0 Å². The quantitative estimate of drug-likeness (QED) is 0.197. The fraction of sp³-hybridized carbons (Fsp3) is 0.525. The Hall–Kier alpha value is -3.99. The average molecular weight is 710 g/mol. The SMILES string of the molecule is Cc1cc(F)cc(C)c1-c1cc([C@H](CC(=O)O)NC(=O)[C@@H](CC(C)C)n2cc(C3CCN(C4CC4)CC3)c(C(F)(F)F)cc2=O)cc2c1CCC2. The Morgan fingerprint density at radius 1 is 0.980 bits per heavy atom. The maximum Gasteiger partial charge on any atom is 0.416 e. The number of rotatable bonds is 11.